The van der Waals surface area contributed by atoms with Crippen molar-refractivity contribution in [1.29, 1.82) is 0 Å². The van der Waals surface area contributed by atoms with E-state index >= 15 is 0 Å². The van der Waals surface area contributed by atoms with Gasteiger partial charge in [-0.1, -0.05) is 5.16 Å². The van der Waals surface area contributed by atoms with Crippen LogP contribution in [0.1, 0.15) is 24.6 Å². The molecular formula is C15H23N5O3. The van der Waals surface area contributed by atoms with Gasteiger partial charge < -0.3 is 14.3 Å². The van der Waals surface area contributed by atoms with Crippen LogP contribution in [0.3, 0.4) is 0 Å². The minimum Gasteiger partial charge on any atom is -0.339 e. The van der Waals surface area contributed by atoms with Crippen molar-refractivity contribution < 1.29 is 14.1 Å². The number of nitrogens with zero attached hydrogens (tertiary/aromatic N) is 5. The third kappa shape index (κ3) is 3.21. The number of imide groups is 1. The number of aromatic nitrogens is 2. The molecule has 23 heavy (non-hydrogen) atoms. The predicted octanol–water partition coefficient (Wildman–Crippen LogP) is 0.389. The molecule has 3 rings (SSSR count). The van der Waals surface area contributed by atoms with Crippen molar-refractivity contribution in [3.05, 3.63) is 11.7 Å². The number of rotatable bonds is 4. The molecule has 0 aromatic carbocycles. The molecule has 0 bridgehead atoms. The number of amides is 3. The summed E-state index contributed by atoms with van der Waals surface area (Å²) in [7, 11) is 5.24. The van der Waals surface area contributed by atoms with Gasteiger partial charge in [-0.25, -0.2) is 4.79 Å². The first-order chi connectivity index (χ1) is 11.0. The molecule has 1 atom stereocenters. The zero-order valence-electron chi connectivity index (χ0n) is 13.9. The van der Waals surface area contributed by atoms with Crippen molar-refractivity contribution in [3.8, 4) is 0 Å². The number of carbonyl (C=O) groups is 2. The van der Waals surface area contributed by atoms with E-state index in [2.05, 4.69) is 22.1 Å². The first-order valence-corrected chi connectivity index (χ1v) is 8.00. The van der Waals surface area contributed by atoms with Crippen LogP contribution in [0.25, 0.3) is 0 Å². The number of hydrogen-bond donors (Lipinski definition) is 0. The fourth-order valence-electron chi connectivity index (χ4n) is 3.22. The van der Waals surface area contributed by atoms with Crippen molar-refractivity contribution in [2.24, 2.45) is 5.92 Å². The van der Waals surface area contributed by atoms with Crippen molar-refractivity contribution in [2.45, 2.75) is 31.7 Å². The molecule has 1 aromatic heterocycles. The largest absolute Gasteiger partial charge is 0.339 e. The van der Waals surface area contributed by atoms with Crippen LogP contribution in [0.4, 0.5) is 4.79 Å². The van der Waals surface area contributed by atoms with Gasteiger partial charge in [-0.15, -0.1) is 0 Å². The van der Waals surface area contributed by atoms with E-state index in [0.29, 0.717) is 17.6 Å². The Morgan fingerprint density at radius 1 is 1.13 bits per heavy atom. The Kier molecular flexibility index (Phi) is 4.34. The van der Waals surface area contributed by atoms with Gasteiger partial charge in [0.15, 0.2) is 5.82 Å². The predicted molar refractivity (Wildman–Crippen MR) is 81.6 cm³/mol. The number of carbonyl (C=O) groups excluding carboxylic acids is 2. The Hall–Kier alpha value is -1.96. The van der Waals surface area contributed by atoms with E-state index in [1.807, 2.05) is 0 Å². The average molecular weight is 321 g/mol. The zero-order chi connectivity index (χ0) is 16.6. The van der Waals surface area contributed by atoms with E-state index in [1.165, 1.54) is 11.9 Å². The highest BCUT2D eigenvalue weighted by molar-refractivity contribution is 6.03. The third-order valence-electron chi connectivity index (χ3n) is 4.86. The van der Waals surface area contributed by atoms with Gasteiger partial charge in [0.2, 0.25) is 5.89 Å². The van der Waals surface area contributed by atoms with Gasteiger partial charge >= 0.3 is 6.03 Å². The topological polar surface area (TPSA) is 82.8 Å². The fourth-order valence-corrected chi connectivity index (χ4v) is 3.22. The number of piperidine rings is 1. The molecule has 2 fully saturated rings. The molecule has 8 heteroatoms. The molecule has 2 aliphatic heterocycles. The highest BCUT2D eigenvalue weighted by Gasteiger charge is 2.41. The standard InChI is InChI=1S/C15H23N5O3/c1-18-6-4-10(5-7-18)8-12-16-13(23-17-12)9-11-14(21)20(3)15(22)19(11)2/h10-11H,4-9H2,1-3H3/t11-/m0/s1. The first kappa shape index (κ1) is 15.9. The minimum atomic E-state index is -0.552. The quantitative estimate of drug-likeness (QED) is 0.746. The summed E-state index contributed by atoms with van der Waals surface area (Å²) in [5.41, 5.74) is 0. The smallest absolute Gasteiger partial charge is 0.326 e. The second-order valence-corrected chi connectivity index (χ2v) is 6.57. The summed E-state index contributed by atoms with van der Waals surface area (Å²) >= 11 is 0. The maximum Gasteiger partial charge on any atom is 0.326 e. The normalized spacial score (nSPS) is 24.0. The van der Waals surface area contributed by atoms with E-state index in [0.717, 1.165) is 37.3 Å². The summed E-state index contributed by atoms with van der Waals surface area (Å²) in [4.78, 5) is 33.1. The molecule has 2 aliphatic rings. The Balaban J connectivity index is 1.59. The lowest BCUT2D eigenvalue weighted by atomic mass is 9.94. The summed E-state index contributed by atoms with van der Waals surface area (Å²) in [5.74, 6) is 1.47. The van der Waals surface area contributed by atoms with Crippen LogP contribution in [0, 0.1) is 5.92 Å². The third-order valence-corrected chi connectivity index (χ3v) is 4.86. The van der Waals surface area contributed by atoms with E-state index in [4.69, 9.17) is 4.52 Å². The van der Waals surface area contributed by atoms with Crippen molar-refractivity contribution >= 4 is 11.9 Å². The van der Waals surface area contributed by atoms with E-state index < -0.39 is 6.04 Å². The van der Waals surface area contributed by atoms with Gasteiger partial charge in [0.05, 0.1) is 6.42 Å². The SMILES string of the molecule is CN1CCC(Cc2noc(C[C@H]3C(=O)N(C)C(=O)N3C)n2)CC1. The van der Waals surface area contributed by atoms with Gasteiger partial charge in [0.25, 0.3) is 5.91 Å². The molecule has 3 heterocycles. The number of hydrogen-bond acceptors (Lipinski definition) is 6. The van der Waals surface area contributed by atoms with Crippen molar-refractivity contribution in [3.63, 3.8) is 0 Å². The highest BCUT2D eigenvalue weighted by Crippen LogP contribution is 2.21. The Morgan fingerprint density at radius 2 is 1.83 bits per heavy atom. The number of likely N-dealkylation sites (tertiary alicyclic amines) is 1. The Morgan fingerprint density at radius 3 is 2.43 bits per heavy atom. The van der Waals surface area contributed by atoms with Crippen LogP contribution in [-0.2, 0) is 17.6 Å². The molecule has 3 amide bonds. The lowest BCUT2D eigenvalue weighted by Gasteiger charge is -2.28. The molecule has 1 aromatic rings. The van der Waals surface area contributed by atoms with Gasteiger partial charge in [-0.3, -0.25) is 9.69 Å². The highest BCUT2D eigenvalue weighted by atomic mass is 16.5. The van der Waals surface area contributed by atoms with E-state index in [9.17, 15) is 9.59 Å². The fraction of sp³-hybridized carbons (Fsp3) is 0.733. The number of likely N-dealkylation sites (N-methyl/N-ethyl adjacent to an activating group) is 2. The Labute approximate surface area is 135 Å². The second kappa shape index (κ2) is 6.27. The molecule has 0 saturated carbocycles. The monoisotopic (exact) mass is 321 g/mol. The summed E-state index contributed by atoms with van der Waals surface area (Å²) in [6, 6.07) is -0.852. The summed E-state index contributed by atoms with van der Waals surface area (Å²) in [5, 5.41) is 4.03. The summed E-state index contributed by atoms with van der Waals surface area (Å²) in [6.45, 7) is 2.20. The maximum atomic E-state index is 12.1. The molecule has 0 N–H and O–H groups in total. The lowest BCUT2D eigenvalue weighted by Crippen LogP contribution is -2.33. The molecule has 2 saturated heterocycles. The van der Waals surface area contributed by atoms with Crippen molar-refractivity contribution in [2.75, 3.05) is 34.2 Å². The van der Waals surface area contributed by atoms with Gasteiger partial charge in [-0.2, -0.15) is 4.98 Å². The average Bonchev–Trinajstić information content (AvgIpc) is 3.05. The lowest BCUT2D eigenvalue weighted by molar-refractivity contribution is -0.127. The van der Waals surface area contributed by atoms with Crippen LogP contribution in [0.15, 0.2) is 4.52 Å². The van der Waals surface area contributed by atoms with Crippen LogP contribution >= 0.6 is 0 Å². The van der Waals surface area contributed by atoms with Crippen LogP contribution < -0.4 is 0 Å². The Bertz CT molecular complexity index is 594. The molecule has 0 spiro atoms. The van der Waals surface area contributed by atoms with Crippen LogP contribution in [-0.4, -0.2) is 77.1 Å². The maximum absolute atomic E-state index is 12.1. The van der Waals surface area contributed by atoms with Crippen LogP contribution in [0.5, 0.6) is 0 Å². The van der Waals surface area contributed by atoms with Gasteiger partial charge in [-0.05, 0) is 38.9 Å². The first-order valence-electron chi connectivity index (χ1n) is 8.00. The summed E-state index contributed by atoms with van der Waals surface area (Å²) in [6.07, 6.45) is 3.36. The van der Waals surface area contributed by atoms with E-state index in [1.54, 1.807) is 7.05 Å². The van der Waals surface area contributed by atoms with Gasteiger partial charge in [0.1, 0.15) is 6.04 Å². The number of urea groups is 1. The van der Waals surface area contributed by atoms with E-state index in [-0.39, 0.29) is 18.4 Å². The molecule has 126 valence electrons. The molecular weight excluding hydrogens is 298 g/mol. The van der Waals surface area contributed by atoms with Crippen LogP contribution in [0.2, 0.25) is 0 Å². The minimum absolute atomic E-state index is 0.229. The molecule has 8 nitrogen and oxygen atoms in total. The summed E-state index contributed by atoms with van der Waals surface area (Å²) < 4.78 is 5.28. The molecule has 0 unspecified atom stereocenters. The van der Waals surface area contributed by atoms with Crippen molar-refractivity contribution in [1.82, 2.24) is 24.8 Å². The molecule has 0 radical (unpaired) electrons. The zero-order valence-corrected chi connectivity index (χ0v) is 13.9. The second-order valence-electron chi connectivity index (χ2n) is 6.57. The van der Waals surface area contributed by atoms with Gasteiger partial charge in [0, 0.05) is 20.5 Å². The molecule has 0 aliphatic carbocycles.